The van der Waals surface area contributed by atoms with Gasteiger partial charge in [-0.05, 0) is 24.3 Å². The molecule has 0 unspecified atom stereocenters. The van der Waals surface area contributed by atoms with E-state index >= 15 is 0 Å². The van der Waals surface area contributed by atoms with Crippen molar-refractivity contribution >= 4 is 29.0 Å². The topological polar surface area (TPSA) is 91.3 Å². The van der Waals surface area contributed by atoms with E-state index in [4.69, 9.17) is 5.11 Å². The molecule has 2 rings (SSSR count). The van der Waals surface area contributed by atoms with Crippen LogP contribution in [0.15, 0.2) is 36.0 Å². The molecule has 2 amide bonds. The molecule has 1 aromatic heterocycles. The lowest BCUT2D eigenvalue weighted by Crippen LogP contribution is -2.27. The van der Waals surface area contributed by atoms with Crippen molar-refractivity contribution in [2.75, 3.05) is 5.32 Å². The summed E-state index contributed by atoms with van der Waals surface area (Å²) in [6.07, 6.45) is 1.69. The smallest absolute Gasteiger partial charge is 0.335 e. The zero-order valence-corrected chi connectivity index (χ0v) is 10.6. The molecule has 6 nitrogen and oxygen atoms in total. The van der Waals surface area contributed by atoms with Crippen LogP contribution in [0.5, 0.6) is 0 Å². The van der Waals surface area contributed by atoms with Crippen LogP contribution in [-0.2, 0) is 6.54 Å². The maximum Gasteiger partial charge on any atom is 0.335 e. The lowest BCUT2D eigenvalue weighted by Gasteiger charge is -2.06. The molecule has 0 aliphatic heterocycles. The zero-order chi connectivity index (χ0) is 13.7. The lowest BCUT2D eigenvalue weighted by molar-refractivity contribution is 0.0697. The van der Waals surface area contributed by atoms with E-state index in [2.05, 4.69) is 15.6 Å². The first-order chi connectivity index (χ1) is 9.15. The van der Waals surface area contributed by atoms with E-state index in [1.807, 2.05) is 0 Å². The number of thiazole rings is 1. The Morgan fingerprint density at radius 1 is 1.26 bits per heavy atom. The number of aromatic carboxylic acids is 1. The molecule has 0 fully saturated rings. The largest absolute Gasteiger partial charge is 0.478 e. The van der Waals surface area contributed by atoms with Gasteiger partial charge in [0.1, 0.15) is 0 Å². The Bertz CT molecular complexity index is 566. The Morgan fingerprint density at radius 3 is 2.58 bits per heavy atom. The van der Waals surface area contributed by atoms with E-state index in [-0.39, 0.29) is 11.6 Å². The summed E-state index contributed by atoms with van der Waals surface area (Å²) in [5.74, 6) is -0.999. The maximum atomic E-state index is 11.6. The number of amides is 2. The minimum Gasteiger partial charge on any atom is -0.478 e. The van der Waals surface area contributed by atoms with Gasteiger partial charge in [-0.2, -0.15) is 0 Å². The molecule has 0 aliphatic rings. The van der Waals surface area contributed by atoms with E-state index in [0.717, 1.165) is 4.88 Å². The summed E-state index contributed by atoms with van der Waals surface area (Å²) in [6, 6.07) is 5.59. The standard InChI is InChI=1S/C12H11N3O3S/c16-11(17)8-1-3-9(4-2-8)15-12(18)14-6-10-5-13-7-19-10/h1-5,7H,6H2,(H,16,17)(H2,14,15,18). The van der Waals surface area contributed by atoms with Gasteiger partial charge in [0.25, 0.3) is 0 Å². The second-order valence-electron chi connectivity index (χ2n) is 3.66. The summed E-state index contributed by atoms with van der Waals surface area (Å²) in [7, 11) is 0. The highest BCUT2D eigenvalue weighted by molar-refractivity contribution is 7.09. The fraction of sp³-hybridized carbons (Fsp3) is 0.0833. The SMILES string of the molecule is O=C(NCc1cncs1)Nc1ccc(C(=O)O)cc1. The van der Waals surface area contributed by atoms with Crippen molar-refractivity contribution in [3.63, 3.8) is 0 Å². The van der Waals surface area contributed by atoms with Crippen molar-refractivity contribution in [2.24, 2.45) is 0 Å². The van der Waals surface area contributed by atoms with Gasteiger partial charge >= 0.3 is 12.0 Å². The number of urea groups is 1. The molecule has 0 radical (unpaired) electrons. The number of nitrogens with one attached hydrogen (secondary N) is 2. The second-order valence-corrected chi connectivity index (χ2v) is 4.63. The van der Waals surface area contributed by atoms with Crippen LogP contribution in [0.2, 0.25) is 0 Å². The van der Waals surface area contributed by atoms with Crippen molar-refractivity contribution in [1.82, 2.24) is 10.3 Å². The van der Waals surface area contributed by atoms with Crippen LogP contribution in [0.3, 0.4) is 0 Å². The highest BCUT2D eigenvalue weighted by atomic mass is 32.1. The highest BCUT2D eigenvalue weighted by Crippen LogP contribution is 2.09. The molecule has 0 saturated heterocycles. The third kappa shape index (κ3) is 3.78. The number of hydrogen-bond acceptors (Lipinski definition) is 4. The number of carboxylic acids is 1. The first-order valence-electron chi connectivity index (χ1n) is 5.41. The predicted molar refractivity (Wildman–Crippen MR) is 71.4 cm³/mol. The van der Waals surface area contributed by atoms with Gasteiger partial charge in [-0.25, -0.2) is 9.59 Å². The van der Waals surface area contributed by atoms with Gasteiger partial charge in [0.2, 0.25) is 0 Å². The molecule has 19 heavy (non-hydrogen) atoms. The number of nitrogens with zero attached hydrogens (tertiary/aromatic N) is 1. The number of benzene rings is 1. The molecule has 98 valence electrons. The second kappa shape index (κ2) is 5.96. The van der Waals surface area contributed by atoms with Crippen molar-refractivity contribution in [2.45, 2.75) is 6.54 Å². The summed E-state index contributed by atoms with van der Waals surface area (Å²) in [5, 5.41) is 14.0. The van der Waals surface area contributed by atoms with Gasteiger partial charge < -0.3 is 15.7 Å². The Hall–Kier alpha value is -2.41. The average molecular weight is 277 g/mol. The first kappa shape index (κ1) is 13.0. The minimum absolute atomic E-state index is 0.176. The third-order valence-electron chi connectivity index (χ3n) is 2.30. The van der Waals surface area contributed by atoms with Gasteiger partial charge in [0.05, 0.1) is 17.6 Å². The summed E-state index contributed by atoms with van der Waals surface area (Å²) >= 11 is 1.46. The fourth-order valence-corrected chi connectivity index (χ4v) is 1.90. The van der Waals surface area contributed by atoms with E-state index < -0.39 is 5.97 Å². The van der Waals surface area contributed by atoms with Crippen LogP contribution in [0, 0.1) is 0 Å². The van der Waals surface area contributed by atoms with Crippen LogP contribution < -0.4 is 10.6 Å². The van der Waals surface area contributed by atoms with E-state index in [1.54, 1.807) is 11.7 Å². The summed E-state index contributed by atoms with van der Waals surface area (Å²) in [5.41, 5.74) is 2.40. The predicted octanol–water partition coefficient (Wildman–Crippen LogP) is 2.16. The van der Waals surface area contributed by atoms with Crippen LogP contribution in [0.25, 0.3) is 0 Å². The number of carbonyl (C=O) groups excluding carboxylic acids is 1. The molecule has 0 aliphatic carbocycles. The number of hydrogen-bond donors (Lipinski definition) is 3. The van der Waals surface area contributed by atoms with E-state index in [1.165, 1.54) is 35.6 Å². The molecule has 1 aromatic carbocycles. The molecule has 7 heteroatoms. The molecule has 0 bridgehead atoms. The number of anilines is 1. The molecule has 0 spiro atoms. The quantitative estimate of drug-likeness (QED) is 0.798. The van der Waals surface area contributed by atoms with E-state index in [9.17, 15) is 9.59 Å². The molecule has 2 aromatic rings. The van der Waals surface area contributed by atoms with Gasteiger partial charge in [-0.15, -0.1) is 11.3 Å². The normalized spacial score (nSPS) is 9.89. The number of carboxylic acid groups (broad SMARTS) is 1. The van der Waals surface area contributed by atoms with Gasteiger partial charge in [-0.1, -0.05) is 0 Å². The monoisotopic (exact) mass is 277 g/mol. The molecular weight excluding hydrogens is 266 g/mol. The fourth-order valence-electron chi connectivity index (χ4n) is 1.37. The molecule has 3 N–H and O–H groups in total. The highest BCUT2D eigenvalue weighted by Gasteiger charge is 2.04. The van der Waals surface area contributed by atoms with Crippen LogP contribution >= 0.6 is 11.3 Å². The summed E-state index contributed by atoms with van der Waals surface area (Å²) < 4.78 is 0. The van der Waals surface area contributed by atoms with Crippen molar-refractivity contribution in [1.29, 1.82) is 0 Å². The molecule has 0 saturated carbocycles. The zero-order valence-electron chi connectivity index (χ0n) is 9.79. The van der Waals surface area contributed by atoms with E-state index in [0.29, 0.717) is 12.2 Å². The van der Waals surface area contributed by atoms with Crippen LogP contribution in [-0.4, -0.2) is 22.1 Å². The maximum absolute atomic E-state index is 11.6. The molecule has 0 atom stereocenters. The molecule has 1 heterocycles. The van der Waals surface area contributed by atoms with Crippen molar-refractivity contribution in [3.05, 3.63) is 46.4 Å². The van der Waals surface area contributed by atoms with Gasteiger partial charge in [0, 0.05) is 16.8 Å². The lowest BCUT2D eigenvalue weighted by atomic mass is 10.2. The third-order valence-corrected chi connectivity index (χ3v) is 3.08. The minimum atomic E-state index is -0.999. The Morgan fingerprint density at radius 2 is 2.00 bits per heavy atom. The Balaban J connectivity index is 1.86. The number of carbonyl (C=O) groups is 2. The van der Waals surface area contributed by atoms with Crippen molar-refractivity contribution in [3.8, 4) is 0 Å². The first-order valence-corrected chi connectivity index (χ1v) is 6.28. The van der Waals surface area contributed by atoms with Crippen LogP contribution in [0.1, 0.15) is 15.2 Å². The summed E-state index contributed by atoms with van der Waals surface area (Å²) in [4.78, 5) is 27.1. The van der Waals surface area contributed by atoms with Gasteiger partial charge in [-0.3, -0.25) is 4.98 Å². The van der Waals surface area contributed by atoms with Gasteiger partial charge in [0.15, 0.2) is 0 Å². The summed E-state index contributed by atoms with van der Waals surface area (Å²) in [6.45, 7) is 0.406. The Labute approximate surface area is 113 Å². The number of rotatable bonds is 4. The Kier molecular flexibility index (Phi) is 4.09. The van der Waals surface area contributed by atoms with Crippen LogP contribution in [0.4, 0.5) is 10.5 Å². The molecular formula is C12H11N3O3S. The van der Waals surface area contributed by atoms with Crippen molar-refractivity contribution < 1.29 is 14.7 Å². The average Bonchev–Trinajstić information content (AvgIpc) is 2.90. The number of aromatic nitrogens is 1.